The molecule has 4 rings (SSSR count). The number of nitrogens with zero attached hydrogens (tertiary/aromatic N) is 1. The van der Waals surface area contributed by atoms with Crippen molar-refractivity contribution in [1.29, 1.82) is 0 Å². The Hall–Kier alpha value is -2.23. The van der Waals surface area contributed by atoms with Crippen LogP contribution in [-0.4, -0.2) is 20.7 Å². The lowest BCUT2D eigenvalue weighted by Gasteiger charge is -2.59. The molecule has 2 heterocycles. The number of allylic oxidation sites excluding steroid dienone is 2. The summed E-state index contributed by atoms with van der Waals surface area (Å²) >= 11 is 0. The Bertz CT molecular complexity index is 1120. The van der Waals surface area contributed by atoms with E-state index in [9.17, 15) is 0 Å². The molecule has 1 N–H and O–H groups in total. The molecular formula is C30H41N2Si+. The van der Waals surface area contributed by atoms with Gasteiger partial charge < -0.3 is 5.32 Å². The fourth-order valence-corrected chi connectivity index (χ4v) is 8.26. The summed E-state index contributed by atoms with van der Waals surface area (Å²) in [5.41, 5.74) is 6.80. The highest BCUT2D eigenvalue weighted by atomic mass is 28.3. The van der Waals surface area contributed by atoms with Crippen molar-refractivity contribution in [3.63, 3.8) is 0 Å². The Morgan fingerprint density at radius 2 is 1.94 bits per heavy atom. The van der Waals surface area contributed by atoms with E-state index in [4.69, 9.17) is 0 Å². The topological polar surface area (TPSA) is 15.9 Å². The van der Waals surface area contributed by atoms with E-state index >= 15 is 0 Å². The van der Waals surface area contributed by atoms with E-state index in [1.165, 1.54) is 28.0 Å². The number of fused-ring (bicyclic) bond motifs is 6. The molecule has 4 atom stereocenters. The largest absolute Gasteiger partial charge is 0.312 e. The molecule has 1 fully saturated rings. The highest BCUT2D eigenvalue weighted by molar-refractivity contribution is 6.89. The van der Waals surface area contributed by atoms with E-state index in [0.717, 1.165) is 6.42 Å². The standard InChI is InChI=1S/C30H41N2Si/c1-10-14-21(5)18-30(31-6)25(11-2)29-28(30)23-16-13-12-15-22(23)26-17-24(20(3)4)27(19-32(26)29)33(7,8)9/h10-17,19-20,25,28-29,31H,2,5,18H2,1,3-4,6-9H3/q+1/b14-10-. The third-order valence-electron chi connectivity index (χ3n) is 7.97. The van der Waals surface area contributed by atoms with Gasteiger partial charge in [-0.2, -0.15) is 4.57 Å². The van der Waals surface area contributed by atoms with Gasteiger partial charge in [0.05, 0.1) is 19.9 Å². The predicted octanol–water partition coefficient (Wildman–Crippen LogP) is 6.24. The van der Waals surface area contributed by atoms with E-state index in [2.05, 4.69) is 125 Å². The zero-order valence-electron chi connectivity index (χ0n) is 21.6. The van der Waals surface area contributed by atoms with Crippen LogP contribution in [0.4, 0.5) is 0 Å². The second kappa shape index (κ2) is 8.52. The van der Waals surface area contributed by atoms with Gasteiger partial charge in [0.1, 0.15) is 0 Å². The summed E-state index contributed by atoms with van der Waals surface area (Å²) in [5.74, 6) is 1.21. The first-order valence-corrected chi connectivity index (χ1v) is 15.9. The number of aromatic nitrogens is 1. The molecule has 1 aromatic heterocycles. The minimum atomic E-state index is -1.52. The third kappa shape index (κ3) is 3.61. The van der Waals surface area contributed by atoms with Gasteiger partial charge >= 0.3 is 0 Å². The fraction of sp³-hybridized carbons (Fsp3) is 0.433. The van der Waals surface area contributed by atoms with Gasteiger partial charge in [-0.05, 0) is 43.5 Å². The molecule has 0 radical (unpaired) electrons. The van der Waals surface area contributed by atoms with Crippen LogP contribution >= 0.6 is 0 Å². The number of hydrogen-bond acceptors (Lipinski definition) is 1. The maximum atomic E-state index is 4.38. The molecule has 2 nitrogen and oxygen atoms in total. The molecule has 1 saturated carbocycles. The number of benzene rings is 1. The third-order valence-corrected chi connectivity index (χ3v) is 10.0. The molecule has 1 aromatic carbocycles. The van der Waals surface area contributed by atoms with Crippen LogP contribution in [0.25, 0.3) is 11.3 Å². The normalized spacial score (nSPS) is 25.9. The minimum Gasteiger partial charge on any atom is -0.312 e. The smallest absolute Gasteiger partial charge is 0.213 e. The molecule has 0 saturated heterocycles. The number of likely N-dealkylation sites (N-methyl/N-ethyl adjacent to an activating group) is 1. The van der Waals surface area contributed by atoms with Crippen LogP contribution in [0.1, 0.15) is 56.2 Å². The van der Waals surface area contributed by atoms with E-state index in [-0.39, 0.29) is 5.54 Å². The average Bonchev–Trinajstić information content (AvgIpc) is 2.75. The summed E-state index contributed by atoms with van der Waals surface area (Å²) in [6, 6.07) is 11.9. The van der Waals surface area contributed by atoms with Crippen molar-refractivity contribution in [1.82, 2.24) is 5.32 Å². The van der Waals surface area contributed by atoms with Gasteiger partial charge in [0.15, 0.2) is 12.2 Å². The molecule has 2 aliphatic rings. The number of nitrogens with one attached hydrogen (secondary N) is 1. The fourth-order valence-electron chi connectivity index (χ4n) is 6.51. The van der Waals surface area contributed by atoms with Gasteiger partial charge in [0, 0.05) is 22.4 Å². The first-order chi connectivity index (χ1) is 15.6. The summed E-state index contributed by atoms with van der Waals surface area (Å²) in [6.45, 7) is 22.9. The number of pyridine rings is 1. The van der Waals surface area contributed by atoms with Gasteiger partial charge in [-0.3, -0.25) is 0 Å². The summed E-state index contributed by atoms with van der Waals surface area (Å²) in [5, 5.41) is 5.37. The molecule has 1 aliphatic carbocycles. The molecule has 0 amide bonds. The second-order valence-corrected chi connectivity index (χ2v) is 16.3. The highest BCUT2D eigenvalue weighted by Crippen LogP contribution is 2.61. The minimum absolute atomic E-state index is 0.0835. The monoisotopic (exact) mass is 457 g/mol. The highest BCUT2D eigenvalue weighted by Gasteiger charge is 2.67. The molecular weight excluding hydrogens is 416 g/mol. The Balaban J connectivity index is 1.98. The van der Waals surface area contributed by atoms with Crippen LogP contribution in [-0.2, 0) is 0 Å². The first-order valence-electron chi connectivity index (χ1n) is 12.4. The summed E-state index contributed by atoms with van der Waals surface area (Å²) in [7, 11) is 0.601. The molecule has 1 aliphatic heterocycles. The van der Waals surface area contributed by atoms with Crippen molar-refractivity contribution in [2.45, 2.75) is 70.2 Å². The van der Waals surface area contributed by atoms with Crippen LogP contribution in [0.3, 0.4) is 0 Å². The SMILES string of the molecule is C=CC1C2C(c3ccccc3-c3cc(C(C)C)c([Si](C)(C)C)c[n+]32)C1(CC(=C)/C=C\C)NC. The van der Waals surface area contributed by atoms with Gasteiger partial charge in [0.25, 0.3) is 0 Å². The van der Waals surface area contributed by atoms with Crippen LogP contribution < -0.4 is 15.1 Å². The van der Waals surface area contributed by atoms with Crippen molar-refractivity contribution in [3.05, 3.63) is 84.6 Å². The quantitative estimate of drug-likeness (QED) is 0.225. The molecule has 0 bridgehead atoms. The first kappa shape index (κ1) is 23.9. The molecule has 174 valence electrons. The number of rotatable bonds is 7. The lowest BCUT2D eigenvalue weighted by atomic mass is 9.49. The van der Waals surface area contributed by atoms with Gasteiger partial charge in [-0.25, -0.2) is 0 Å². The molecule has 0 spiro atoms. The molecule has 2 aromatic rings. The van der Waals surface area contributed by atoms with Crippen molar-refractivity contribution < 1.29 is 4.57 Å². The maximum Gasteiger partial charge on any atom is 0.213 e. The zero-order chi connectivity index (χ0) is 24.1. The van der Waals surface area contributed by atoms with E-state index in [0.29, 0.717) is 23.8 Å². The van der Waals surface area contributed by atoms with E-state index in [1.807, 2.05) is 0 Å². The maximum absolute atomic E-state index is 4.38. The zero-order valence-corrected chi connectivity index (χ0v) is 22.6. The molecule has 33 heavy (non-hydrogen) atoms. The van der Waals surface area contributed by atoms with Crippen LogP contribution in [0.5, 0.6) is 0 Å². The number of hydrogen-bond donors (Lipinski definition) is 1. The molecule has 4 unspecified atom stereocenters. The Kier molecular flexibility index (Phi) is 6.17. The van der Waals surface area contributed by atoms with Crippen LogP contribution in [0.15, 0.2) is 73.5 Å². The molecule has 3 heteroatoms. The Morgan fingerprint density at radius 3 is 2.52 bits per heavy atom. The van der Waals surface area contributed by atoms with Gasteiger partial charge in [-0.1, -0.05) is 82.1 Å². The van der Waals surface area contributed by atoms with Gasteiger partial charge in [-0.15, -0.1) is 6.58 Å². The summed E-state index contributed by atoms with van der Waals surface area (Å²) in [6.07, 6.45) is 9.88. The average molecular weight is 458 g/mol. The van der Waals surface area contributed by atoms with Crippen molar-refractivity contribution in [3.8, 4) is 11.3 Å². The van der Waals surface area contributed by atoms with E-state index < -0.39 is 8.07 Å². The van der Waals surface area contributed by atoms with Crippen molar-refractivity contribution in [2.24, 2.45) is 5.92 Å². The second-order valence-electron chi connectivity index (χ2n) is 11.3. The van der Waals surface area contributed by atoms with Crippen molar-refractivity contribution >= 4 is 13.3 Å². The van der Waals surface area contributed by atoms with Crippen LogP contribution in [0, 0.1) is 5.92 Å². The lowest BCUT2D eigenvalue weighted by Crippen LogP contribution is -2.74. The van der Waals surface area contributed by atoms with E-state index in [1.54, 1.807) is 5.19 Å². The van der Waals surface area contributed by atoms with Crippen LogP contribution in [0.2, 0.25) is 19.6 Å². The lowest BCUT2D eigenvalue weighted by molar-refractivity contribution is -0.739. The Morgan fingerprint density at radius 1 is 1.24 bits per heavy atom. The predicted molar refractivity (Wildman–Crippen MR) is 145 cm³/mol. The van der Waals surface area contributed by atoms with Gasteiger partial charge in [0.2, 0.25) is 5.69 Å². The summed E-state index contributed by atoms with van der Waals surface area (Å²) < 4.78 is 2.62. The van der Waals surface area contributed by atoms with Crippen molar-refractivity contribution in [2.75, 3.05) is 7.05 Å². The summed E-state index contributed by atoms with van der Waals surface area (Å²) in [4.78, 5) is 0. The Labute approximate surface area is 202 Å².